The molecule has 5 rings (SSSR count). The minimum atomic E-state index is -4.39. The highest BCUT2D eigenvalue weighted by Crippen LogP contribution is 2.43. The van der Waals surface area contributed by atoms with E-state index in [9.17, 15) is 21.6 Å². The van der Waals surface area contributed by atoms with Crippen molar-refractivity contribution in [3.8, 4) is 5.75 Å². The molecule has 0 bridgehead atoms. The predicted molar refractivity (Wildman–Crippen MR) is 132 cm³/mol. The van der Waals surface area contributed by atoms with Crippen LogP contribution in [0, 0.1) is 5.82 Å². The van der Waals surface area contributed by atoms with Crippen molar-refractivity contribution in [3.05, 3.63) is 77.5 Å². The van der Waals surface area contributed by atoms with E-state index in [0.29, 0.717) is 43.5 Å². The van der Waals surface area contributed by atoms with Crippen LogP contribution in [0.4, 0.5) is 23.4 Å². The van der Waals surface area contributed by atoms with Gasteiger partial charge in [0.15, 0.2) is 0 Å². The Morgan fingerprint density at radius 1 is 1.13 bits per heavy atom. The van der Waals surface area contributed by atoms with Crippen molar-refractivity contribution >= 4 is 15.8 Å². The second kappa shape index (κ2) is 10.1. The number of halogens is 4. The third-order valence-electron chi connectivity index (χ3n) is 7.20. The Bertz CT molecular complexity index is 1420. The van der Waals surface area contributed by atoms with E-state index in [1.165, 1.54) is 42.9 Å². The molecule has 1 fully saturated rings. The fourth-order valence-corrected chi connectivity index (χ4v) is 6.47. The molecule has 0 radical (unpaired) electrons. The molecule has 0 saturated carbocycles. The fourth-order valence-electron chi connectivity index (χ4n) is 5.39. The molecule has 1 aromatic heterocycles. The summed E-state index contributed by atoms with van der Waals surface area (Å²) in [5.41, 5.74) is 0.564. The molecule has 1 unspecified atom stereocenters. The van der Waals surface area contributed by atoms with Crippen LogP contribution in [-0.2, 0) is 16.2 Å². The van der Waals surface area contributed by atoms with Gasteiger partial charge >= 0.3 is 6.18 Å². The predicted octanol–water partition coefficient (Wildman–Crippen LogP) is 5.53. The molecule has 12 heteroatoms. The Morgan fingerprint density at radius 2 is 1.95 bits per heavy atom. The summed E-state index contributed by atoms with van der Waals surface area (Å²) in [5.74, 6) is -0.640. The van der Waals surface area contributed by atoms with E-state index in [-0.39, 0.29) is 29.6 Å². The van der Waals surface area contributed by atoms with Gasteiger partial charge in [0.25, 0.3) is 10.0 Å². The number of sulfonamides is 1. The van der Waals surface area contributed by atoms with Gasteiger partial charge in [-0.15, -0.1) is 0 Å². The summed E-state index contributed by atoms with van der Waals surface area (Å²) < 4.78 is 88.5. The van der Waals surface area contributed by atoms with Crippen LogP contribution in [0.5, 0.6) is 5.75 Å². The minimum absolute atomic E-state index is 0.00476. The lowest BCUT2D eigenvalue weighted by Crippen LogP contribution is -2.44. The smallest absolute Gasteiger partial charge is 0.416 e. The molecule has 1 saturated heterocycles. The van der Waals surface area contributed by atoms with Crippen LogP contribution in [0.1, 0.15) is 54.8 Å². The van der Waals surface area contributed by atoms with E-state index in [2.05, 4.69) is 19.6 Å². The number of alkyl halides is 3. The summed E-state index contributed by atoms with van der Waals surface area (Å²) in [4.78, 5) is 9.20. The largest absolute Gasteiger partial charge is 0.493 e. The van der Waals surface area contributed by atoms with Crippen molar-refractivity contribution in [2.75, 3.05) is 17.9 Å². The number of fused-ring (bicyclic) bond motifs is 1. The standard InChI is InChI=1S/C26H26F4N4O3S/c1-16-11-18(17-3-2-4-19(12-17)26(28,29)30)6-9-34(16)22-7-10-37-23-14-24(21(27)13-20(22)23)38(35,36)33-25-5-8-31-15-32-25/h2-5,8,12-16,18,22H,6-7,9-11H2,1H3,(H,31,32,33)/t16-,18-,22?/m1/s1. The van der Waals surface area contributed by atoms with Crippen molar-refractivity contribution in [3.63, 3.8) is 0 Å². The van der Waals surface area contributed by atoms with Gasteiger partial charge in [-0.25, -0.2) is 22.8 Å². The first kappa shape index (κ1) is 26.4. The van der Waals surface area contributed by atoms with Crippen LogP contribution >= 0.6 is 0 Å². The Labute approximate surface area is 217 Å². The number of hydrogen-bond acceptors (Lipinski definition) is 6. The topological polar surface area (TPSA) is 84.4 Å². The monoisotopic (exact) mass is 550 g/mol. The molecular weight excluding hydrogens is 524 g/mol. The van der Waals surface area contributed by atoms with Crippen LogP contribution in [0.15, 0.2) is 59.9 Å². The average molecular weight is 551 g/mol. The minimum Gasteiger partial charge on any atom is -0.493 e. The molecule has 38 heavy (non-hydrogen) atoms. The van der Waals surface area contributed by atoms with Gasteiger partial charge in [0.2, 0.25) is 0 Å². The molecular formula is C26H26F4N4O3S. The molecule has 2 aliphatic heterocycles. The summed E-state index contributed by atoms with van der Waals surface area (Å²) >= 11 is 0. The van der Waals surface area contributed by atoms with E-state index in [4.69, 9.17) is 4.74 Å². The van der Waals surface area contributed by atoms with E-state index >= 15 is 4.39 Å². The lowest BCUT2D eigenvalue weighted by atomic mass is 9.83. The SMILES string of the molecule is C[C@@H]1C[C@H](c2cccc(C(F)(F)F)c2)CCN1C1CCOc2cc(S(=O)(=O)Nc3ccncn3)c(F)cc21. The molecule has 3 heterocycles. The number of aromatic nitrogens is 2. The van der Waals surface area contributed by atoms with E-state index in [0.717, 1.165) is 6.07 Å². The number of ether oxygens (including phenoxy) is 1. The van der Waals surface area contributed by atoms with Gasteiger partial charge in [-0.05, 0) is 56.0 Å². The molecule has 2 aliphatic rings. The summed E-state index contributed by atoms with van der Waals surface area (Å²) in [6.45, 7) is 2.93. The zero-order valence-corrected chi connectivity index (χ0v) is 21.3. The Hall–Kier alpha value is -3.25. The van der Waals surface area contributed by atoms with Crippen LogP contribution in [0.25, 0.3) is 0 Å². The maximum Gasteiger partial charge on any atom is 0.416 e. The van der Waals surface area contributed by atoms with Crippen molar-refractivity contribution in [2.45, 2.75) is 55.3 Å². The van der Waals surface area contributed by atoms with Crippen molar-refractivity contribution < 1.29 is 30.7 Å². The first-order valence-corrected chi connectivity index (χ1v) is 13.7. The fraction of sp³-hybridized carbons (Fsp3) is 0.385. The molecule has 3 atom stereocenters. The van der Waals surface area contributed by atoms with E-state index < -0.39 is 32.5 Å². The number of hydrogen-bond donors (Lipinski definition) is 1. The Morgan fingerprint density at radius 3 is 2.66 bits per heavy atom. The number of rotatable bonds is 5. The molecule has 0 amide bonds. The van der Waals surface area contributed by atoms with E-state index in [1.54, 1.807) is 6.07 Å². The number of nitrogens with zero attached hydrogens (tertiary/aromatic N) is 3. The second-order valence-corrected chi connectivity index (χ2v) is 11.3. The van der Waals surface area contributed by atoms with Crippen LogP contribution in [-0.4, -0.2) is 42.5 Å². The van der Waals surface area contributed by atoms with Gasteiger partial charge in [0.1, 0.15) is 28.6 Å². The van der Waals surface area contributed by atoms with Gasteiger partial charge in [-0.2, -0.15) is 13.2 Å². The van der Waals surface area contributed by atoms with Crippen molar-refractivity contribution in [1.29, 1.82) is 0 Å². The number of piperidine rings is 1. The highest BCUT2D eigenvalue weighted by molar-refractivity contribution is 7.92. The zero-order valence-electron chi connectivity index (χ0n) is 20.5. The van der Waals surface area contributed by atoms with Gasteiger partial charge in [-0.1, -0.05) is 18.2 Å². The molecule has 2 aromatic carbocycles. The molecule has 1 N–H and O–H groups in total. The van der Waals surface area contributed by atoms with Gasteiger partial charge in [0.05, 0.1) is 12.2 Å². The van der Waals surface area contributed by atoms with Crippen LogP contribution in [0.3, 0.4) is 0 Å². The van der Waals surface area contributed by atoms with Crippen LogP contribution < -0.4 is 9.46 Å². The normalized spacial score (nSPS) is 22.4. The van der Waals surface area contributed by atoms with Crippen LogP contribution in [0.2, 0.25) is 0 Å². The number of benzene rings is 2. The maximum atomic E-state index is 15.2. The quantitative estimate of drug-likeness (QED) is 0.421. The number of nitrogens with one attached hydrogen (secondary N) is 1. The molecule has 0 spiro atoms. The first-order chi connectivity index (χ1) is 18.0. The highest BCUT2D eigenvalue weighted by atomic mass is 32.2. The molecule has 0 aliphatic carbocycles. The van der Waals surface area contributed by atoms with Gasteiger partial charge in [0, 0.05) is 36.3 Å². The van der Waals surface area contributed by atoms with Gasteiger partial charge in [-0.3, -0.25) is 9.62 Å². The molecule has 202 valence electrons. The second-order valence-electron chi connectivity index (χ2n) is 9.60. The first-order valence-electron chi connectivity index (χ1n) is 12.2. The summed E-state index contributed by atoms with van der Waals surface area (Å²) in [6, 6.07) is 9.03. The highest BCUT2D eigenvalue weighted by Gasteiger charge is 2.37. The Kier molecular flexibility index (Phi) is 7.03. The van der Waals surface area contributed by atoms with Crippen molar-refractivity contribution in [1.82, 2.24) is 14.9 Å². The average Bonchev–Trinajstić information content (AvgIpc) is 2.88. The lowest BCUT2D eigenvalue weighted by Gasteiger charge is -2.44. The Balaban J connectivity index is 1.36. The van der Waals surface area contributed by atoms with Gasteiger partial charge < -0.3 is 4.74 Å². The molecule has 7 nitrogen and oxygen atoms in total. The zero-order chi connectivity index (χ0) is 27.1. The summed E-state index contributed by atoms with van der Waals surface area (Å²) in [7, 11) is -4.27. The third-order valence-corrected chi connectivity index (χ3v) is 8.57. The number of anilines is 1. The number of likely N-dealkylation sites (tertiary alicyclic amines) is 1. The third kappa shape index (κ3) is 5.32. The van der Waals surface area contributed by atoms with Crippen molar-refractivity contribution in [2.24, 2.45) is 0 Å². The maximum absolute atomic E-state index is 15.2. The summed E-state index contributed by atoms with van der Waals surface area (Å²) in [5, 5.41) is 0. The lowest BCUT2D eigenvalue weighted by molar-refractivity contribution is -0.137. The molecule has 3 aromatic rings. The van der Waals surface area contributed by atoms with E-state index in [1.807, 2.05) is 6.92 Å². The summed E-state index contributed by atoms with van der Waals surface area (Å²) in [6.07, 6.45) is 0.0123.